The van der Waals surface area contributed by atoms with Crippen molar-refractivity contribution in [3.63, 3.8) is 0 Å². The van der Waals surface area contributed by atoms with Crippen molar-refractivity contribution in [1.82, 2.24) is 15.0 Å². The lowest BCUT2D eigenvalue weighted by Crippen LogP contribution is -1.97. The van der Waals surface area contributed by atoms with Crippen LogP contribution in [0.4, 0.5) is 0 Å². The minimum absolute atomic E-state index is 0.680. The Kier molecular flexibility index (Phi) is 7.64. The van der Waals surface area contributed by atoms with Crippen molar-refractivity contribution >= 4 is 53.4 Å². The van der Waals surface area contributed by atoms with Gasteiger partial charge in [0.2, 0.25) is 0 Å². The van der Waals surface area contributed by atoms with Crippen molar-refractivity contribution in [2.75, 3.05) is 0 Å². The van der Waals surface area contributed by atoms with E-state index in [1.54, 1.807) is 0 Å². The minimum Gasteiger partial charge on any atom is -0.455 e. The molecule has 7 aromatic carbocycles. The number of aromatic nitrogens is 3. The molecule has 0 spiro atoms. The summed E-state index contributed by atoms with van der Waals surface area (Å²) in [6, 6.07) is 61.6. The van der Waals surface area contributed by atoms with Crippen LogP contribution in [0.5, 0.6) is 0 Å². The fraction of sp³-hybridized carbons (Fsp3) is 0. The van der Waals surface area contributed by atoms with Gasteiger partial charge in [0.1, 0.15) is 11.2 Å². The smallest absolute Gasteiger partial charge is 0.160 e. The van der Waals surface area contributed by atoms with Gasteiger partial charge in [-0.05, 0) is 58.7 Å². The first-order chi connectivity index (χ1) is 27.8. The molecule has 4 aromatic heterocycles. The van der Waals surface area contributed by atoms with Crippen LogP contribution in [-0.2, 0) is 0 Å². The molecular weight excluding hydrogens is 703 g/mol. The van der Waals surface area contributed by atoms with E-state index in [0.717, 1.165) is 72.3 Å². The molecular formula is C51H31N3OS. The Morgan fingerprint density at radius 3 is 1.91 bits per heavy atom. The zero-order chi connectivity index (χ0) is 37.0. The summed E-state index contributed by atoms with van der Waals surface area (Å²) in [6.45, 7) is 0. The van der Waals surface area contributed by atoms with Gasteiger partial charge in [-0.1, -0.05) is 140 Å². The third kappa shape index (κ3) is 5.40. The lowest BCUT2D eigenvalue weighted by molar-refractivity contribution is 0.670. The molecule has 5 heteroatoms. The van der Waals surface area contributed by atoms with E-state index in [9.17, 15) is 0 Å². The quantitative estimate of drug-likeness (QED) is 0.171. The van der Waals surface area contributed by atoms with E-state index in [1.165, 1.54) is 31.3 Å². The number of pyridine rings is 1. The topological polar surface area (TPSA) is 51.8 Å². The predicted octanol–water partition coefficient (Wildman–Crippen LogP) is 14.1. The fourth-order valence-electron chi connectivity index (χ4n) is 8.00. The average Bonchev–Trinajstić information content (AvgIpc) is 3.86. The molecule has 0 bridgehead atoms. The van der Waals surface area contributed by atoms with Crippen LogP contribution in [0.2, 0.25) is 0 Å². The molecule has 0 N–H and O–H groups in total. The number of benzene rings is 7. The highest BCUT2D eigenvalue weighted by Gasteiger charge is 2.20. The first kappa shape index (κ1) is 32.2. The summed E-state index contributed by atoms with van der Waals surface area (Å²) < 4.78 is 9.33. The molecule has 11 rings (SSSR count). The maximum atomic E-state index is 6.74. The molecule has 0 aliphatic carbocycles. The molecule has 4 heterocycles. The second-order valence-corrected chi connectivity index (χ2v) is 15.0. The monoisotopic (exact) mass is 733 g/mol. The van der Waals surface area contributed by atoms with Crippen LogP contribution in [0, 0.1) is 0 Å². The summed E-state index contributed by atoms with van der Waals surface area (Å²) in [4.78, 5) is 14.5. The molecule has 0 amide bonds. The van der Waals surface area contributed by atoms with Crippen molar-refractivity contribution in [3.05, 3.63) is 188 Å². The standard InChI is InChI=1S/C51H31N3OS/c1-2-11-35(12-3-1)51-53-44(31-45(54-51)38-14-5-4-13-36(38)33-27-29-52-30-28-33)34-23-21-32(22-24-34)37-25-26-40(48-43-16-6-8-19-46(43)55-49(37)48)42-18-10-17-41-39-15-7-9-20-47(39)56-50(41)42/h1-31H. The summed E-state index contributed by atoms with van der Waals surface area (Å²) >= 11 is 1.85. The van der Waals surface area contributed by atoms with Crippen molar-refractivity contribution in [3.8, 4) is 67.3 Å². The van der Waals surface area contributed by atoms with Gasteiger partial charge in [-0.2, -0.15) is 0 Å². The predicted molar refractivity (Wildman–Crippen MR) is 233 cm³/mol. The maximum Gasteiger partial charge on any atom is 0.160 e. The minimum atomic E-state index is 0.680. The summed E-state index contributed by atoms with van der Waals surface area (Å²) in [5.41, 5.74) is 13.2. The Morgan fingerprint density at radius 1 is 0.411 bits per heavy atom. The number of fused-ring (bicyclic) bond motifs is 6. The Morgan fingerprint density at radius 2 is 1.05 bits per heavy atom. The van der Waals surface area contributed by atoms with Crippen LogP contribution in [0.25, 0.3) is 109 Å². The van der Waals surface area contributed by atoms with Crippen LogP contribution in [-0.4, -0.2) is 15.0 Å². The van der Waals surface area contributed by atoms with Gasteiger partial charge in [-0.3, -0.25) is 4.98 Å². The largest absolute Gasteiger partial charge is 0.455 e. The number of furan rings is 1. The molecule has 0 saturated carbocycles. The number of nitrogens with zero attached hydrogens (tertiary/aromatic N) is 3. The van der Waals surface area contributed by atoms with Crippen LogP contribution in [0.1, 0.15) is 0 Å². The second kappa shape index (κ2) is 13.3. The Bertz CT molecular complexity index is 3240. The van der Waals surface area contributed by atoms with Gasteiger partial charge in [-0.25, -0.2) is 9.97 Å². The number of hydrogen-bond acceptors (Lipinski definition) is 5. The van der Waals surface area contributed by atoms with E-state index in [2.05, 4.69) is 145 Å². The molecule has 0 aliphatic heterocycles. The third-order valence-corrected chi connectivity index (χ3v) is 11.9. The van der Waals surface area contributed by atoms with Crippen molar-refractivity contribution in [2.24, 2.45) is 0 Å². The second-order valence-electron chi connectivity index (χ2n) is 13.9. The molecule has 0 saturated heterocycles. The van der Waals surface area contributed by atoms with Gasteiger partial charge in [-0.15, -0.1) is 11.3 Å². The molecule has 0 aliphatic rings. The highest BCUT2D eigenvalue weighted by Crippen LogP contribution is 2.46. The lowest BCUT2D eigenvalue weighted by Gasteiger charge is -2.13. The fourth-order valence-corrected chi connectivity index (χ4v) is 9.23. The van der Waals surface area contributed by atoms with E-state index in [4.69, 9.17) is 14.4 Å². The van der Waals surface area contributed by atoms with Crippen molar-refractivity contribution in [1.29, 1.82) is 0 Å². The molecule has 0 unspecified atom stereocenters. The van der Waals surface area contributed by atoms with Crippen molar-refractivity contribution < 1.29 is 4.42 Å². The first-order valence-electron chi connectivity index (χ1n) is 18.7. The molecule has 0 radical (unpaired) electrons. The van der Waals surface area contributed by atoms with E-state index in [0.29, 0.717) is 5.82 Å². The van der Waals surface area contributed by atoms with Crippen LogP contribution < -0.4 is 0 Å². The Hall–Kier alpha value is -7.21. The highest BCUT2D eigenvalue weighted by atomic mass is 32.1. The zero-order valence-electron chi connectivity index (χ0n) is 30.1. The summed E-state index contributed by atoms with van der Waals surface area (Å²) in [5, 5.41) is 4.83. The van der Waals surface area contributed by atoms with Crippen LogP contribution in [0.15, 0.2) is 193 Å². The maximum absolute atomic E-state index is 6.74. The third-order valence-electron chi connectivity index (χ3n) is 10.7. The first-order valence-corrected chi connectivity index (χ1v) is 19.5. The average molecular weight is 734 g/mol. The molecule has 0 fully saturated rings. The van der Waals surface area contributed by atoms with Gasteiger partial charge in [0.05, 0.1) is 11.4 Å². The number of para-hydroxylation sites is 1. The van der Waals surface area contributed by atoms with Crippen LogP contribution >= 0.6 is 11.3 Å². The van der Waals surface area contributed by atoms with E-state index >= 15 is 0 Å². The Labute approximate surface area is 327 Å². The zero-order valence-corrected chi connectivity index (χ0v) is 30.9. The van der Waals surface area contributed by atoms with Gasteiger partial charge >= 0.3 is 0 Å². The van der Waals surface area contributed by atoms with Gasteiger partial charge < -0.3 is 4.42 Å². The molecule has 262 valence electrons. The normalized spacial score (nSPS) is 11.6. The summed E-state index contributed by atoms with van der Waals surface area (Å²) in [5.74, 6) is 0.680. The molecule has 0 atom stereocenters. The number of thiophene rings is 1. The lowest BCUT2D eigenvalue weighted by atomic mass is 9.93. The van der Waals surface area contributed by atoms with E-state index < -0.39 is 0 Å². The van der Waals surface area contributed by atoms with E-state index in [1.807, 2.05) is 60.1 Å². The van der Waals surface area contributed by atoms with E-state index in [-0.39, 0.29) is 0 Å². The van der Waals surface area contributed by atoms with Gasteiger partial charge in [0.15, 0.2) is 5.82 Å². The summed E-state index contributed by atoms with van der Waals surface area (Å²) in [6.07, 6.45) is 3.65. The Balaban J connectivity index is 1.05. The van der Waals surface area contributed by atoms with Gasteiger partial charge in [0, 0.05) is 71.2 Å². The van der Waals surface area contributed by atoms with Crippen molar-refractivity contribution in [2.45, 2.75) is 0 Å². The molecule has 56 heavy (non-hydrogen) atoms. The summed E-state index contributed by atoms with van der Waals surface area (Å²) in [7, 11) is 0. The van der Waals surface area contributed by atoms with Crippen LogP contribution in [0.3, 0.4) is 0 Å². The SMILES string of the molecule is c1ccc(-c2nc(-c3ccc(-c4ccc(-c5cccc6c5sc5ccccc56)c5c4oc4ccccc45)cc3)cc(-c3ccccc3-c3ccncc3)n2)cc1. The highest BCUT2D eigenvalue weighted by molar-refractivity contribution is 7.26. The number of hydrogen-bond donors (Lipinski definition) is 0. The van der Waals surface area contributed by atoms with Gasteiger partial charge in [0.25, 0.3) is 0 Å². The molecule has 4 nitrogen and oxygen atoms in total. The molecule has 11 aromatic rings. The number of rotatable bonds is 6.